The predicted molar refractivity (Wildman–Crippen MR) is 78.6 cm³/mol. The molecule has 0 saturated heterocycles. The average Bonchev–Trinajstić information content (AvgIpc) is 2.41. The van der Waals surface area contributed by atoms with E-state index in [9.17, 15) is 0 Å². The van der Waals surface area contributed by atoms with Crippen molar-refractivity contribution in [1.29, 1.82) is 0 Å². The highest BCUT2D eigenvalue weighted by Crippen LogP contribution is 2.24. The SMILES string of the molecule is BrCCCCc1ccccc1-c1ccccc1. The number of alkyl halides is 1. The minimum atomic E-state index is 1.10. The summed E-state index contributed by atoms with van der Waals surface area (Å²) in [4.78, 5) is 0. The van der Waals surface area contributed by atoms with Crippen molar-refractivity contribution >= 4 is 15.9 Å². The molecule has 0 unspecified atom stereocenters. The molecule has 0 aliphatic heterocycles. The summed E-state index contributed by atoms with van der Waals surface area (Å²) in [6.45, 7) is 0. The number of rotatable bonds is 5. The first-order valence-corrected chi connectivity index (χ1v) is 7.23. The lowest BCUT2D eigenvalue weighted by Crippen LogP contribution is -1.90. The third kappa shape index (κ3) is 3.44. The van der Waals surface area contributed by atoms with Crippen LogP contribution in [0.5, 0.6) is 0 Å². The number of unbranched alkanes of at least 4 members (excludes halogenated alkanes) is 1. The molecule has 0 fully saturated rings. The van der Waals surface area contributed by atoms with Crippen molar-refractivity contribution in [2.75, 3.05) is 5.33 Å². The Morgan fingerprint density at radius 1 is 0.765 bits per heavy atom. The van der Waals surface area contributed by atoms with E-state index in [0.29, 0.717) is 0 Å². The molecule has 0 nitrogen and oxygen atoms in total. The molecule has 2 rings (SSSR count). The number of halogens is 1. The summed E-state index contributed by atoms with van der Waals surface area (Å²) >= 11 is 3.49. The largest absolute Gasteiger partial charge is 0.0928 e. The molecule has 0 saturated carbocycles. The van der Waals surface area contributed by atoms with Gasteiger partial charge in [0.15, 0.2) is 0 Å². The number of benzene rings is 2. The Hall–Kier alpha value is -1.08. The smallest absolute Gasteiger partial charge is 0.00314 e. The topological polar surface area (TPSA) is 0 Å². The van der Waals surface area contributed by atoms with Crippen molar-refractivity contribution in [3.63, 3.8) is 0 Å². The molecule has 0 aliphatic rings. The third-order valence-electron chi connectivity index (χ3n) is 2.93. The molecule has 0 amide bonds. The molecule has 0 aromatic heterocycles. The van der Waals surface area contributed by atoms with E-state index in [0.717, 1.165) is 11.8 Å². The van der Waals surface area contributed by atoms with Crippen LogP contribution in [0, 0.1) is 0 Å². The first-order valence-electron chi connectivity index (χ1n) is 6.11. The molecule has 0 N–H and O–H groups in total. The van der Waals surface area contributed by atoms with E-state index in [1.807, 2.05) is 0 Å². The first kappa shape index (κ1) is 12.4. The Kier molecular flexibility index (Phi) is 4.81. The van der Waals surface area contributed by atoms with Crippen LogP contribution in [0.2, 0.25) is 0 Å². The van der Waals surface area contributed by atoms with Crippen LogP contribution < -0.4 is 0 Å². The van der Waals surface area contributed by atoms with Gasteiger partial charge in [-0.05, 0) is 36.0 Å². The molecule has 88 valence electrons. The van der Waals surface area contributed by atoms with Gasteiger partial charge in [0.05, 0.1) is 0 Å². The van der Waals surface area contributed by atoms with Gasteiger partial charge in [0.25, 0.3) is 0 Å². The molecule has 0 heterocycles. The minimum absolute atomic E-state index is 1.10. The van der Waals surface area contributed by atoms with E-state index in [1.165, 1.54) is 29.5 Å². The van der Waals surface area contributed by atoms with Crippen molar-refractivity contribution in [1.82, 2.24) is 0 Å². The maximum atomic E-state index is 3.49. The third-order valence-corrected chi connectivity index (χ3v) is 3.49. The fourth-order valence-electron chi connectivity index (χ4n) is 2.05. The highest BCUT2D eigenvalue weighted by atomic mass is 79.9. The molecular weight excluding hydrogens is 272 g/mol. The van der Waals surface area contributed by atoms with Gasteiger partial charge in [0, 0.05) is 5.33 Å². The van der Waals surface area contributed by atoms with Crippen LogP contribution in [0.15, 0.2) is 54.6 Å². The second-order valence-corrected chi connectivity index (χ2v) is 4.96. The number of hydrogen-bond donors (Lipinski definition) is 0. The Balaban J connectivity index is 2.22. The molecule has 0 radical (unpaired) electrons. The minimum Gasteiger partial charge on any atom is -0.0928 e. The van der Waals surface area contributed by atoms with Crippen molar-refractivity contribution in [3.8, 4) is 11.1 Å². The lowest BCUT2D eigenvalue weighted by atomic mass is 9.96. The van der Waals surface area contributed by atoms with Crippen LogP contribution in [-0.2, 0) is 6.42 Å². The maximum absolute atomic E-state index is 3.49. The molecule has 1 heteroatoms. The van der Waals surface area contributed by atoms with Gasteiger partial charge >= 0.3 is 0 Å². The molecule has 2 aromatic rings. The molecule has 0 bridgehead atoms. The van der Waals surface area contributed by atoms with E-state index in [-0.39, 0.29) is 0 Å². The van der Waals surface area contributed by atoms with E-state index in [2.05, 4.69) is 70.5 Å². The highest BCUT2D eigenvalue weighted by molar-refractivity contribution is 9.09. The Morgan fingerprint density at radius 3 is 2.24 bits per heavy atom. The van der Waals surface area contributed by atoms with Crippen molar-refractivity contribution in [2.45, 2.75) is 19.3 Å². The van der Waals surface area contributed by atoms with Crippen LogP contribution in [0.1, 0.15) is 18.4 Å². The first-order chi connectivity index (χ1) is 8.42. The summed E-state index contributed by atoms with van der Waals surface area (Å²) in [6.07, 6.45) is 3.65. The van der Waals surface area contributed by atoms with Gasteiger partial charge in [-0.1, -0.05) is 70.5 Å². The van der Waals surface area contributed by atoms with Gasteiger partial charge in [0.1, 0.15) is 0 Å². The molecule has 17 heavy (non-hydrogen) atoms. The van der Waals surface area contributed by atoms with E-state index >= 15 is 0 Å². The average molecular weight is 289 g/mol. The summed E-state index contributed by atoms with van der Waals surface area (Å²) < 4.78 is 0. The van der Waals surface area contributed by atoms with Crippen LogP contribution in [0.3, 0.4) is 0 Å². The summed E-state index contributed by atoms with van der Waals surface area (Å²) in [7, 11) is 0. The fourth-order valence-corrected chi connectivity index (χ4v) is 2.44. The zero-order valence-corrected chi connectivity index (χ0v) is 11.5. The van der Waals surface area contributed by atoms with Crippen LogP contribution >= 0.6 is 15.9 Å². The number of hydrogen-bond acceptors (Lipinski definition) is 0. The zero-order chi connectivity index (χ0) is 11.9. The summed E-state index contributed by atoms with van der Waals surface area (Å²) in [5, 5.41) is 1.10. The standard InChI is InChI=1S/C16H17Br/c17-13-7-6-11-15-10-4-5-12-16(15)14-8-2-1-3-9-14/h1-5,8-10,12H,6-7,11,13H2. The van der Waals surface area contributed by atoms with Crippen molar-refractivity contribution < 1.29 is 0 Å². The van der Waals surface area contributed by atoms with Gasteiger partial charge in [-0.2, -0.15) is 0 Å². The molecule has 0 spiro atoms. The molecule has 2 aromatic carbocycles. The Bertz CT molecular complexity index is 448. The lowest BCUT2D eigenvalue weighted by molar-refractivity contribution is 0.807. The zero-order valence-electron chi connectivity index (χ0n) is 9.90. The quantitative estimate of drug-likeness (QED) is 0.532. The van der Waals surface area contributed by atoms with E-state index < -0.39 is 0 Å². The van der Waals surface area contributed by atoms with Crippen LogP contribution in [0.4, 0.5) is 0 Å². The van der Waals surface area contributed by atoms with E-state index in [1.54, 1.807) is 0 Å². The highest BCUT2D eigenvalue weighted by Gasteiger charge is 2.03. The Labute approximate surface area is 112 Å². The number of aryl methyl sites for hydroxylation is 1. The molecule has 0 atom stereocenters. The van der Waals surface area contributed by atoms with Gasteiger partial charge in [-0.3, -0.25) is 0 Å². The van der Waals surface area contributed by atoms with Gasteiger partial charge in [0.2, 0.25) is 0 Å². The second-order valence-electron chi connectivity index (χ2n) is 4.17. The van der Waals surface area contributed by atoms with Gasteiger partial charge in [-0.15, -0.1) is 0 Å². The van der Waals surface area contributed by atoms with Gasteiger partial charge < -0.3 is 0 Å². The Morgan fingerprint density at radius 2 is 1.47 bits per heavy atom. The monoisotopic (exact) mass is 288 g/mol. The summed E-state index contributed by atoms with van der Waals surface area (Å²) in [5.41, 5.74) is 4.16. The van der Waals surface area contributed by atoms with Crippen LogP contribution in [-0.4, -0.2) is 5.33 Å². The predicted octanol–water partition coefficient (Wildman–Crippen LogP) is 5.07. The second kappa shape index (κ2) is 6.61. The fraction of sp³-hybridized carbons (Fsp3) is 0.250. The normalized spacial score (nSPS) is 10.4. The van der Waals surface area contributed by atoms with Crippen molar-refractivity contribution in [2.24, 2.45) is 0 Å². The maximum Gasteiger partial charge on any atom is 0.00314 e. The van der Waals surface area contributed by atoms with Gasteiger partial charge in [-0.25, -0.2) is 0 Å². The molecular formula is C16H17Br. The van der Waals surface area contributed by atoms with Crippen LogP contribution in [0.25, 0.3) is 11.1 Å². The molecule has 0 aliphatic carbocycles. The summed E-state index contributed by atoms with van der Waals surface area (Å²) in [5.74, 6) is 0. The van der Waals surface area contributed by atoms with E-state index in [4.69, 9.17) is 0 Å². The van der Waals surface area contributed by atoms with Crippen molar-refractivity contribution in [3.05, 3.63) is 60.2 Å². The lowest BCUT2D eigenvalue weighted by Gasteiger charge is -2.09. The summed E-state index contributed by atoms with van der Waals surface area (Å²) in [6, 6.07) is 19.4.